The van der Waals surface area contributed by atoms with Crippen molar-refractivity contribution in [1.82, 2.24) is 10.3 Å². The third kappa shape index (κ3) is 4.98. The van der Waals surface area contributed by atoms with Crippen LogP contribution in [0.25, 0.3) is 0 Å². The van der Waals surface area contributed by atoms with Gasteiger partial charge in [-0.15, -0.1) is 0 Å². The Balaban J connectivity index is 2.86. The molecule has 0 saturated carbocycles. The zero-order valence-corrected chi connectivity index (χ0v) is 14.5. The lowest BCUT2D eigenvalue weighted by molar-refractivity contribution is 0.395. The number of pyridine rings is 1. The van der Waals surface area contributed by atoms with E-state index >= 15 is 0 Å². The number of nitrogens with one attached hydrogen (secondary N) is 1. The molecular formula is C14H22Br2N2. The van der Waals surface area contributed by atoms with Crippen LogP contribution in [0.2, 0.25) is 0 Å². The maximum atomic E-state index is 4.56. The summed E-state index contributed by atoms with van der Waals surface area (Å²) in [6, 6.07) is 2.40. The first-order chi connectivity index (χ1) is 8.58. The topological polar surface area (TPSA) is 24.9 Å². The highest BCUT2D eigenvalue weighted by Crippen LogP contribution is 2.29. The maximum Gasteiger partial charge on any atom is 0.0715 e. The number of halogens is 2. The largest absolute Gasteiger partial charge is 0.309 e. The second-order valence-electron chi connectivity index (χ2n) is 4.78. The van der Waals surface area contributed by atoms with E-state index in [1.165, 1.54) is 6.42 Å². The molecule has 1 aromatic heterocycles. The number of aromatic nitrogens is 1. The third-order valence-corrected chi connectivity index (χ3v) is 4.21. The van der Waals surface area contributed by atoms with Crippen molar-refractivity contribution in [3.05, 3.63) is 26.9 Å². The molecule has 0 spiro atoms. The first-order valence-electron chi connectivity index (χ1n) is 6.62. The molecule has 0 amide bonds. The van der Waals surface area contributed by atoms with Gasteiger partial charge >= 0.3 is 0 Å². The summed E-state index contributed by atoms with van der Waals surface area (Å²) < 4.78 is 2.09. The molecule has 2 nitrogen and oxygen atoms in total. The van der Waals surface area contributed by atoms with E-state index in [2.05, 4.69) is 69.0 Å². The minimum atomic E-state index is 0.336. The van der Waals surface area contributed by atoms with Gasteiger partial charge in [0.25, 0.3) is 0 Å². The molecule has 0 radical (unpaired) electrons. The highest BCUT2D eigenvalue weighted by atomic mass is 79.9. The molecule has 2 atom stereocenters. The standard InChI is InChI=1S/C14H22Br2N2/c1-4-6-17-13(7-10(3)5-2)14-12(16)8-11(15)9-18-14/h8-10,13,17H,4-7H2,1-3H3. The van der Waals surface area contributed by atoms with Gasteiger partial charge in [0.1, 0.15) is 0 Å². The van der Waals surface area contributed by atoms with Crippen molar-refractivity contribution in [2.45, 2.75) is 46.1 Å². The molecule has 4 heteroatoms. The summed E-state index contributed by atoms with van der Waals surface area (Å²) in [6.07, 6.45) is 5.35. The van der Waals surface area contributed by atoms with E-state index in [4.69, 9.17) is 0 Å². The first-order valence-corrected chi connectivity index (χ1v) is 8.21. The number of hydrogen-bond acceptors (Lipinski definition) is 2. The van der Waals surface area contributed by atoms with Crippen molar-refractivity contribution in [1.29, 1.82) is 0 Å². The normalized spacial score (nSPS) is 14.5. The smallest absolute Gasteiger partial charge is 0.0715 e. The van der Waals surface area contributed by atoms with Gasteiger partial charge in [-0.05, 0) is 63.2 Å². The Labute approximate surface area is 127 Å². The molecule has 0 bridgehead atoms. The molecular weight excluding hydrogens is 356 g/mol. The molecule has 0 fully saturated rings. The highest BCUT2D eigenvalue weighted by molar-refractivity contribution is 9.11. The molecule has 1 N–H and O–H groups in total. The van der Waals surface area contributed by atoms with E-state index in [0.29, 0.717) is 12.0 Å². The summed E-state index contributed by atoms with van der Waals surface area (Å²) in [7, 11) is 0. The van der Waals surface area contributed by atoms with Gasteiger partial charge in [-0.1, -0.05) is 27.2 Å². The second kappa shape index (κ2) is 8.28. The lowest BCUT2D eigenvalue weighted by atomic mass is 9.97. The lowest BCUT2D eigenvalue weighted by Crippen LogP contribution is -2.25. The Morgan fingerprint density at radius 3 is 2.61 bits per heavy atom. The number of nitrogens with zero attached hydrogens (tertiary/aromatic N) is 1. The summed E-state index contributed by atoms with van der Waals surface area (Å²) in [5.74, 6) is 0.705. The molecule has 1 heterocycles. The van der Waals surface area contributed by atoms with Crippen LogP contribution >= 0.6 is 31.9 Å². The Kier molecular flexibility index (Phi) is 7.42. The van der Waals surface area contributed by atoms with Gasteiger partial charge in [0.2, 0.25) is 0 Å². The lowest BCUT2D eigenvalue weighted by Gasteiger charge is -2.22. The molecule has 18 heavy (non-hydrogen) atoms. The SMILES string of the molecule is CCCNC(CC(C)CC)c1ncc(Br)cc1Br. The van der Waals surface area contributed by atoms with E-state index in [1.807, 2.05) is 6.20 Å². The van der Waals surface area contributed by atoms with Gasteiger partial charge in [-0.2, -0.15) is 0 Å². The molecule has 1 aromatic rings. The maximum absolute atomic E-state index is 4.56. The van der Waals surface area contributed by atoms with Crippen LogP contribution in [0.3, 0.4) is 0 Å². The van der Waals surface area contributed by atoms with E-state index in [1.54, 1.807) is 0 Å². The van der Waals surface area contributed by atoms with Crippen LogP contribution in [-0.4, -0.2) is 11.5 Å². The van der Waals surface area contributed by atoms with E-state index in [9.17, 15) is 0 Å². The van der Waals surface area contributed by atoms with Crippen molar-refractivity contribution < 1.29 is 0 Å². The summed E-state index contributed by atoms with van der Waals surface area (Å²) in [4.78, 5) is 4.56. The van der Waals surface area contributed by atoms with Crippen molar-refractivity contribution in [2.75, 3.05) is 6.54 Å². The quantitative estimate of drug-likeness (QED) is 0.716. The summed E-state index contributed by atoms with van der Waals surface area (Å²) in [5.41, 5.74) is 1.12. The van der Waals surface area contributed by atoms with Gasteiger partial charge in [-0.25, -0.2) is 0 Å². The Morgan fingerprint density at radius 1 is 1.33 bits per heavy atom. The van der Waals surface area contributed by atoms with Crippen LogP contribution in [-0.2, 0) is 0 Å². The average Bonchev–Trinajstić information content (AvgIpc) is 2.34. The Hall–Kier alpha value is 0.0700. The highest BCUT2D eigenvalue weighted by Gasteiger charge is 2.18. The van der Waals surface area contributed by atoms with Crippen molar-refractivity contribution >= 4 is 31.9 Å². The van der Waals surface area contributed by atoms with Crippen LogP contribution in [0, 0.1) is 5.92 Å². The van der Waals surface area contributed by atoms with E-state index in [0.717, 1.165) is 34.0 Å². The number of hydrogen-bond donors (Lipinski definition) is 1. The zero-order valence-electron chi connectivity index (χ0n) is 11.3. The average molecular weight is 378 g/mol. The summed E-state index contributed by atoms with van der Waals surface area (Å²) in [5, 5.41) is 3.60. The van der Waals surface area contributed by atoms with Crippen LogP contribution in [0.1, 0.15) is 51.8 Å². The van der Waals surface area contributed by atoms with Crippen LogP contribution in [0.5, 0.6) is 0 Å². The molecule has 1 rings (SSSR count). The monoisotopic (exact) mass is 376 g/mol. The molecule has 0 aromatic carbocycles. The van der Waals surface area contributed by atoms with Gasteiger partial charge in [0, 0.05) is 15.1 Å². The Morgan fingerprint density at radius 2 is 2.06 bits per heavy atom. The molecule has 2 unspecified atom stereocenters. The van der Waals surface area contributed by atoms with E-state index < -0.39 is 0 Å². The van der Waals surface area contributed by atoms with Gasteiger partial charge in [0.15, 0.2) is 0 Å². The summed E-state index contributed by atoms with van der Waals surface area (Å²) >= 11 is 7.07. The fourth-order valence-electron chi connectivity index (χ4n) is 1.86. The fraction of sp³-hybridized carbons (Fsp3) is 0.643. The molecule has 102 valence electrons. The van der Waals surface area contributed by atoms with Gasteiger partial charge < -0.3 is 5.32 Å². The van der Waals surface area contributed by atoms with Gasteiger partial charge in [-0.3, -0.25) is 4.98 Å². The zero-order chi connectivity index (χ0) is 13.5. The predicted octanol–water partition coefficient (Wildman–Crippen LogP) is 5.08. The van der Waals surface area contributed by atoms with Crippen LogP contribution in [0.15, 0.2) is 21.2 Å². The molecule has 0 aliphatic heterocycles. The minimum absolute atomic E-state index is 0.336. The fourth-order valence-corrected chi connectivity index (χ4v) is 3.12. The third-order valence-electron chi connectivity index (χ3n) is 3.14. The molecule has 0 aliphatic rings. The molecule has 0 aliphatic carbocycles. The first kappa shape index (κ1) is 16.1. The van der Waals surface area contributed by atoms with E-state index in [-0.39, 0.29) is 0 Å². The Bertz CT molecular complexity index is 369. The summed E-state index contributed by atoms with van der Waals surface area (Å²) in [6.45, 7) is 7.77. The van der Waals surface area contributed by atoms with Crippen molar-refractivity contribution in [3.63, 3.8) is 0 Å². The van der Waals surface area contributed by atoms with Crippen molar-refractivity contribution in [2.24, 2.45) is 5.92 Å². The van der Waals surface area contributed by atoms with Crippen LogP contribution < -0.4 is 5.32 Å². The second-order valence-corrected chi connectivity index (χ2v) is 6.55. The predicted molar refractivity (Wildman–Crippen MR) is 84.7 cm³/mol. The number of rotatable bonds is 7. The van der Waals surface area contributed by atoms with Crippen molar-refractivity contribution in [3.8, 4) is 0 Å². The molecule has 0 saturated heterocycles. The van der Waals surface area contributed by atoms with Crippen LogP contribution in [0.4, 0.5) is 0 Å². The minimum Gasteiger partial charge on any atom is -0.309 e. The van der Waals surface area contributed by atoms with Gasteiger partial charge in [0.05, 0.1) is 11.7 Å².